The van der Waals surface area contributed by atoms with Crippen LogP contribution in [-0.2, 0) is 0 Å². The molecule has 0 amide bonds. The van der Waals surface area contributed by atoms with Gasteiger partial charge in [0.15, 0.2) is 0 Å². The van der Waals surface area contributed by atoms with Gasteiger partial charge >= 0.3 is 0 Å². The molecule has 2 saturated carbocycles. The first-order chi connectivity index (χ1) is 11.3. The Morgan fingerprint density at radius 1 is 1.25 bits per heavy atom. The van der Waals surface area contributed by atoms with Crippen LogP contribution in [0.5, 0.6) is 0 Å². The molecule has 134 valence electrons. The highest BCUT2D eigenvalue weighted by Crippen LogP contribution is 2.65. The minimum Gasteiger partial charge on any atom is -0.512 e. The van der Waals surface area contributed by atoms with Gasteiger partial charge < -0.3 is 15.3 Å². The molecule has 4 rings (SSSR count). The van der Waals surface area contributed by atoms with Crippen molar-refractivity contribution in [1.82, 2.24) is 0 Å². The molecule has 0 radical (unpaired) electrons. The highest BCUT2D eigenvalue weighted by molar-refractivity contribution is 5.38. The van der Waals surface area contributed by atoms with Crippen molar-refractivity contribution in [3.63, 3.8) is 0 Å². The van der Waals surface area contributed by atoms with Gasteiger partial charge in [0.1, 0.15) is 0 Å². The van der Waals surface area contributed by atoms with E-state index in [1.54, 1.807) is 0 Å². The summed E-state index contributed by atoms with van der Waals surface area (Å²) < 4.78 is 0. The predicted molar refractivity (Wildman–Crippen MR) is 94.4 cm³/mol. The van der Waals surface area contributed by atoms with E-state index in [1.807, 2.05) is 0 Å². The Labute approximate surface area is 145 Å². The summed E-state index contributed by atoms with van der Waals surface area (Å²) in [5, 5.41) is 32.2. The quantitative estimate of drug-likeness (QED) is 0.633. The van der Waals surface area contributed by atoms with Crippen LogP contribution in [-0.4, -0.2) is 27.5 Å². The standard InChI is InChI=1S/C21H32O3/c1-4-12-5-6-15-18-16(23)10-13-9-14(22)7-8-20(13,2)19(18)17(24)11-21(12,15)3/h5,13-15,17,19,22-24H,4,6-11H2,1-3H3. The number of hydrogen-bond acceptors (Lipinski definition) is 3. The van der Waals surface area contributed by atoms with Crippen molar-refractivity contribution >= 4 is 0 Å². The maximum atomic E-state index is 11.2. The lowest BCUT2D eigenvalue weighted by Gasteiger charge is -2.59. The third-order valence-electron chi connectivity index (χ3n) is 8.20. The molecule has 0 aliphatic heterocycles. The summed E-state index contributed by atoms with van der Waals surface area (Å²) in [4.78, 5) is 0. The molecule has 0 bridgehead atoms. The Kier molecular flexibility index (Phi) is 3.71. The van der Waals surface area contributed by atoms with Gasteiger partial charge in [0.25, 0.3) is 0 Å². The van der Waals surface area contributed by atoms with Gasteiger partial charge in [0.05, 0.1) is 18.0 Å². The molecule has 0 aromatic carbocycles. The number of hydrogen-bond donors (Lipinski definition) is 3. The third kappa shape index (κ3) is 2.03. The minimum atomic E-state index is -0.389. The summed E-state index contributed by atoms with van der Waals surface area (Å²) in [6.45, 7) is 6.79. The summed E-state index contributed by atoms with van der Waals surface area (Å²) in [5.41, 5.74) is 2.63. The van der Waals surface area contributed by atoms with Crippen LogP contribution in [0.4, 0.5) is 0 Å². The lowest BCUT2D eigenvalue weighted by Crippen LogP contribution is -2.55. The molecule has 0 heterocycles. The first-order valence-electron chi connectivity index (χ1n) is 9.78. The molecule has 7 unspecified atom stereocenters. The van der Waals surface area contributed by atoms with Gasteiger partial charge in [-0.3, -0.25) is 0 Å². The monoisotopic (exact) mass is 332 g/mol. The van der Waals surface area contributed by atoms with E-state index < -0.39 is 0 Å². The Hall–Kier alpha value is -0.800. The van der Waals surface area contributed by atoms with Gasteiger partial charge in [-0.1, -0.05) is 32.4 Å². The lowest BCUT2D eigenvalue weighted by molar-refractivity contribution is -0.0951. The maximum Gasteiger partial charge on any atom is 0.0924 e. The second-order valence-corrected chi connectivity index (χ2v) is 9.27. The van der Waals surface area contributed by atoms with Crippen LogP contribution in [0.25, 0.3) is 0 Å². The van der Waals surface area contributed by atoms with Crippen molar-refractivity contribution < 1.29 is 15.3 Å². The van der Waals surface area contributed by atoms with Crippen molar-refractivity contribution in [1.29, 1.82) is 0 Å². The Morgan fingerprint density at radius 2 is 2.00 bits per heavy atom. The Balaban J connectivity index is 1.79. The second kappa shape index (κ2) is 5.35. The van der Waals surface area contributed by atoms with Crippen LogP contribution in [0.15, 0.2) is 23.0 Å². The van der Waals surface area contributed by atoms with E-state index in [4.69, 9.17) is 0 Å². The van der Waals surface area contributed by atoms with Crippen molar-refractivity contribution in [2.45, 2.75) is 77.9 Å². The lowest BCUT2D eigenvalue weighted by atomic mass is 9.47. The zero-order chi connectivity index (χ0) is 17.3. The number of aliphatic hydroxyl groups excluding tert-OH is 3. The fourth-order valence-corrected chi connectivity index (χ4v) is 6.89. The first-order valence-corrected chi connectivity index (χ1v) is 9.78. The molecular formula is C21H32O3. The summed E-state index contributed by atoms with van der Waals surface area (Å²) in [6, 6.07) is 0. The molecular weight excluding hydrogens is 300 g/mol. The second-order valence-electron chi connectivity index (χ2n) is 9.27. The third-order valence-corrected chi connectivity index (χ3v) is 8.20. The van der Waals surface area contributed by atoms with Crippen molar-refractivity contribution in [2.75, 3.05) is 0 Å². The molecule has 3 N–H and O–H groups in total. The normalized spacial score (nSPS) is 50.9. The van der Waals surface area contributed by atoms with Gasteiger partial charge in [-0.25, -0.2) is 0 Å². The molecule has 4 aliphatic rings. The fourth-order valence-electron chi connectivity index (χ4n) is 6.89. The molecule has 0 aromatic heterocycles. The summed E-state index contributed by atoms with van der Waals surface area (Å²) >= 11 is 0. The zero-order valence-electron chi connectivity index (χ0n) is 15.3. The largest absolute Gasteiger partial charge is 0.512 e. The van der Waals surface area contributed by atoms with Gasteiger partial charge in [-0.2, -0.15) is 0 Å². The molecule has 7 atom stereocenters. The van der Waals surface area contributed by atoms with Crippen LogP contribution in [0, 0.1) is 28.6 Å². The van der Waals surface area contributed by atoms with Crippen molar-refractivity contribution in [3.05, 3.63) is 23.0 Å². The summed E-state index contributed by atoms with van der Waals surface area (Å²) in [5.74, 6) is 1.23. The van der Waals surface area contributed by atoms with Crippen LogP contribution in [0.3, 0.4) is 0 Å². The average Bonchev–Trinajstić information content (AvgIpc) is 2.84. The first kappa shape index (κ1) is 16.7. The predicted octanol–water partition coefficient (Wildman–Crippen LogP) is 4.11. The molecule has 0 aromatic rings. The van der Waals surface area contributed by atoms with Gasteiger partial charge in [-0.15, -0.1) is 0 Å². The highest BCUT2D eigenvalue weighted by atomic mass is 16.3. The maximum absolute atomic E-state index is 11.2. The number of rotatable bonds is 1. The molecule has 24 heavy (non-hydrogen) atoms. The van der Waals surface area contributed by atoms with Crippen LogP contribution in [0.2, 0.25) is 0 Å². The number of fused-ring (bicyclic) bond motifs is 5. The molecule has 0 spiro atoms. The van der Waals surface area contributed by atoms with E-state index in [1.165, 1.54) is 5.57 Å². The topological polar surface area (TPSA) is 60.7 Å². The fraction of sp³-hybridized carbons (Fsp3) is 0.810. The van der Waals surface area contributed by atoms with E-state index in [0.29, 0.717) is 18.1 Å². The van der Waals surface area contributed by atoms with E-state index in [-0.39, 0.29) is 34.9 Å². The molecule has 4 aliphatic carbocycles. The highest BCUT2D eigenvalue weighted by Gasteiger charge is 2.60. The van der Waals surface area contributed by atoms with Gasteiger partial charge in [0, 0.05) is 12.3 Å². The Morgan fingerprint density at radius 3 is 2.71 bits per heavy atom. The molecule has 3 heteroatoms. The number of aliphatic hydroxyl groups is 3. The van der Waals surface area contributed by atoms with Crippen molar-refractivity contribution in [3.8, 4) is 0 Å². The van der Waals surface area contributed by atoms with Crippen LogP contribution in [0.1, 0.15) is 65.7 Å². The number of allylic oxidation sites excluding steroid dienone is 3. The summed E-state index contributed by atoms with van der Waals surface area (Å²) in [7, 11) is 0. The van der Waals surface area contributed by atoms with Crippen molar-refractivity contribution in [2.24, 2.45) is 28.6 Å². The summed E-state index contributed by atoms with van der Waals surface area (Å²) in [6.07, 6.45) is 7.79. The van der Waals surface area contributed by atoms with Crippen LogP contribution >= 0.6 is 0 Å². The van der Waals surface area contributed by atoms with Gasteiger partial charge in [0.2, 0.25) is 0 Å². The van der Waals surface area contributed by atoms with Crippen LogP contribution < -0.4 is 0 Å². The SMILES string of the molecule is CCC1=CCC2C3=C(O)CC4CC(O)CCC4(C)C3C(O)CC12C. The smallest absolute Gasteiger partial charge is 0.0924 e. The minimum absolute atomic E-state index is 0.00531. The molecule has 3 nitrogen and oxygen atoms in total. The van der Waals surface area contributed by atoms with E-state index in [0.717, 1.165) is 44.1 Å². The zero-order valence-corrected chi connectivity index (χ0v) is 15.3. The van der Waals surface area contributed by atoms with E-state index in [9.17, 15) is 15.3 Å². The molecule has 2 fully saturated rings. The Bertz CT molecular complexity index is 606. The molecule has 0 saturated heterocycles. The van der Waals surface area contributed by atoms with E-state index in [2.05, 4.69) is 26.8 Å². The average molecular weight is 332 g/mol. The van der Waals surface area contributed by atoms with E-state index >= 15 is 0 Å². The van der Waals surface area contributed by atoms with Gasteiger partial charge in [-0.05, 0) is 66.8 Å².